The van der Waals surface area contributed by atoms with E-state index >= 15 is 0 Å². The molecule has 19 heavy (non-hydrogen) atoms. The molecule has 1 heterocycles. The number of hydrogen-bond acceptors (Lipinski definition) is 2. The predicted octanol–water partition coefficient (Wildman–Crippen LogP) is 2.82. The standard InChI is InChI=1S/C16H23N3/c1-10-8-11(2)15(12(3)9-10)16-18-14(6-7-17)13(4)19(16)5/h8-9H,6-7,17H2,1-5H3. The summed E-state index contributed by atoms with van der Waals surface area (Å²) in [5, 5.41) is 0. The number of nitrogens with zero attached hydrogens (tertiary/aromatic N) is 2. The zero-order valence-corrected chi connectivity index (χ0v) is 12.5. The molecule has 0 saturated heterocycles. The summed E-state index contributed by atoms with van der Waals surface area (Å²) in [6.45, 7) is 9.20. The van der Waals surface area contributed by atoms with Crippen LogP contribution in [0.4, 0.5) is 0 Å². The van der Waals surface area contributed by atoms with Gasteiger partial charge >= 0.3 is 0 Å². The number of aromatic nitrogens is 2. The average molecular weight is 257 g/mol. The van der Waals surface area contributed by atoms with Crippen molar-refractivity contribution in [3.8, 4) is 11.4 Å². The molecule has 0 bridgehead atoms. The van der Waals surface area contributed by atoms with Crippen LogP contribution in [0.2, 0.25) is 0 Å². The number of imidazole rings is 1. The molecule has 0 aliphatic carbocycles. The summed E-state index contributed by atoms with van der Waals surface area (Å²) in [6, 6.07) is 4.43. The maximum Gasteiger partial charge on any atom is 0.140 e. The summed E-state index contributed by atoms with van der Waals surface area (Å²) in [5.41, 5.74) is 13.1. The van der Waals surface area contributed by atoms with E-state index in [1.807, 2.05) is 0 Å². The van der Waals surface area contributed by atoms with Gasteiger partial charge in [0.1, 0.15) is 5.82 Å². The lowest BCUT2D eigenvalue weighted by Gasteiger charge is -2.11. The molecule has 0 amide bonds. The zero-order chi connectivity index (χ0) is 14.2. The lowest BCUT2D eigenvalue weighted by molar-refractivity contribution is 0.864. The second kappa shape index (κ2) is 5.17. The lowest BCUT2D eigenvalue weighted by Crippen LogP contribution is -2.04. The number of rotatable bonds is 3. The molecule has 0 atom stereocenters. The molecule has 2 N–H and O–H groups in total. The molecule has 102 valence electrons. The fourth-order valence-corrected chi connectivity index (χ4v) is 2.77. The number of nitrogens with two attached hydrogens (primary N) is 1. The van der Waals surface area contributed by atoms with Crippen molar-refractivity contribution in [2.24, 2.45) is 12.8 Å². The molecule has 0 aliphatic heterocycles. The topological polar surface area (TPSA) is 43.8 Å². The van der Waals surface area contributed by atoms with Gasteiger partial charge in [-0.1, -0.05) is 17.7 Å². The van der Waals surface area contributed by atoms with E-state index in [1.165, 1.54) is 27.9 Å². The Morgan fingerprint density at radius 2 is 1.68 bits per heavy atom. The van der Waals surface area contributed by atoms with E-state index < -0.39 is 0 Å². The number of hydrogen-bond donors (Lipinski definition) is 1. The third-order valence-electron chi connectivity index (χ3n) is 3.76. The van der Waals surface area contributed by atoms with Crippen LogP contribution < -0.4 is 5.73 Å². The molecular weight excluding hydrogens is 234 g/mol. The van der Waals surface area contributed by atoms with Crippen molar-refractivity contribution < 1.29 is 0 Å². The van der Waals surface area contributed by atoms with Crippen LogP contribution in [0.3, 0.4) is 0 Å². The highest BCUT2D eigenvalue weighted by atomic mass is 15.1. The molecule has 1 aromatic heterocycles. The van der Waals surface area contributed by atoms with Crippen molar-refractivity contribution in [3.05, 3.63) is 40.2 Å². The van der Waals surface area contributed by atoms with Gasteiger partial charge in [-0.15, -0.1) is 0 Å². The minimum Gasteiger partial charge on any atom is -0.331 e. The van der Waals surface area contributed by atoms with Crippen molar-refractivity contribution in [1.82, 2.24) is 9.55 Å². The summed E-state index contributed by atoms with van der Waals surface area (Å²) >= 11 is 0. The Bertz CT molecular complexity index is 586. The van der Waals surface area contributed by atoms with Gasteiger partial charge < -0.3 is 10.3 Å². The summed E-state index contributed by atoms with van der Waals surface area (Å²) < 4.78 is 2.18. The van der Waals surface area contributed by atoms with Gasteiger partial charge in [-0.05, 0) is 45.4 Å². The van der Waals surface area contributed by atoms with E-state index in [9.17, 15) is 0 Å². The van der Waals surface area contributed by atoms with Gasteiger partial charge in [0.05, 0.1) is 5.69 Å². The van der Waals surface area contributed by atoms with Crippen LogP contribution in [0, 0.1) is 27.7 Å². The Morgan fingerprint density at radius 1 is 1.11 bits per heavy atom. The summed E-state index contributed by atoms with van der Waals surface area (Å²) in [6.07, 6.45) is 0.837. The van der Waals surface area contributed by atoms with Gasteiger partial charge in [-0.25, -0.2) is 4.98 Å². The largest absolute Gasteiger partial charge is 0.331 e. The van der Waals surface area contributed by atoms with E-state index in [0.29, 0.717) is 6.54 Å². The minimum absolute atomic E-state index is 0.642. The van der Waals surface area contributed by atoms with E-state index in [2.05, 4.69) is 51.4 Å². The van der Waals surface area contributed by atoms with E-state index in [1.54, 1.807) is 0 Å². The normalized spacial score (nSPS) is 11.1. The van der Waals surface area contributed by atoms with Gasteiger partial charge in [0.2, 0.25) is 0 Å². The Kier molecular flexibility index (Phi) is 3.76. The van der Waals surface area contributed by atoms with E-state index in [4.69, 9.17) is 10.7 Å². The first-order valence-electron chi connectivity index (χ1n) is 6.76. The smallest absolute Gasteiger partial charge is 0.140 e. The van der Waals surface area contributed by atoms with Crippen LogP contribution in [0.1, 0.15) is 28.1 Å². The summed E-state index contributed by atoms with van der Waals surface area (Å²) in [5.74, 6) is 1.05. The van der Waals surface area contributed by atoms with Crippen molar-refractivity contribution in [2.75, 3.05) is 6.54 Å². The van der Waals surface area contributed by atoms with Crippen molar-refractivity contribution in [3.63, 3.8) is 0 Å². The second-order valence-corrected chi connectivity index (χ2v) is 5.34. The first-order chi connectivity index (χ1) is 8.95. The third kappa shape index (κ3) is 2.43. The first-order valence-corrected chi connectivity index (χ1v) is 6.76. The molecule has 0 fully saturated rings. The minimum atomic E-state index is 0.642. The van der Waals surface area contributed by atoms with Gasteiger partial charge in [0.15, 0.2) is 0 Å². The molecule has 0 radical (unpaired) electrons. The SMILES string of the molecule is Cc1cc(C)c(-c2nc(CCN)c(C)n2C)c(C)c1. The van der Waals surface area contributed by atoms with Crippen LogP contribution in [0.15, 0.2) is 12.1 Å². The van der Waals surface area contributed by atoms with Gasteiger partial charge in [0, 0.05) is 24.7 Å². The lowest BCUT2D eigenvalue weighted by atomic mass is 9.99. The Hall–Kier alpha value is -1.61. The third-order valence-corrected chi connectivity index (χ3v) is 3.76. The van der Waals surface area contributed by atoms with E-state index in [0.717, 1.165) is 17.9 Å². The Balaban J connectivity index is 2.63. The van der Waals surface area contributed by atoms with Crippen LogP contribution >= 0.6 is 0 Å². The quantitative estimate of drug-likeness (QED) is 0.919. The first kappa shape index (κ1) is 13.8. The number of aryl methyl sites for hydroxylation is 3. The molecule has 0 aliphatic rings. The molecule has 1 aromatic carbocycles. The van der Waals surface area contributed by atoms with Crippen LogP contribution in [0.5, 0.6) is 0 Å². The van der Waals surface area contributed by atoms with Gasteiger partial charge in [-0.3, -0.25) is 0 Å². The highest BCUT2D eigenvalue weighted by Gasteiger charge is 2.16. The number of benzene rings is 1. The van der Waals surface area contributed by atoms with Crippen LogP contribution in [-0.2, 0) is 13.5 Å². The van der Waals surface area contributed by atoms with Crippen molar-refractivity contribution in [2.45, 2.75) is 34.1 Å². The highest BCUT2D eigenvalue weighted by Crippen LogP contribution is 2.28. The molecule has 3 nitrogen and oxygen atoms in total. The molecule has 0 unspecified atom stereocenters. The fraction of sp³-hybridized carbons (Fsp3) is 0.438. The van der Waals surface area contributed by atoms with Crippen LogP contribution in [-0.4, -0.2) is 16.1 Å². The molecule has 3 heteroatoms. The summed E-state index contributed by atoms with van der Waals surface area (Å²) in [7, 11) is 2.08. The van der Waals surface area contributed by atoms with Crippen molar-refractivity contribution >= 4 is 0 Å². The second-order valence-electron chi connectivity index (χ2n) is 5.34. The maximum absolute atomic E-state index is 5.66. The van der Waals surface area contributed by atoms with E-state index in [-0.39, 0.29) is 0 Å². The molecule has 2 aromatic rings. The average Bonchev–Trinajstić information content (AvgIpc) is 2.57. The maximum atomic E-state index is 5.66. The summed E-state index contributed by atoms with van der Waals surface area (Å²) in [4.78, 5) is 4.80. The highest BCUT2D eigenvalue weighted by molar-refractivity contribution is 5.66. The molecule has 2 rings (SSSR count). The van der Waals surface area contributed by atoms with Crippen molar-refractivity contribution in [1.29, 1.82) is 0 Å². The monoisotopic (exact) mass is 257 g/mol. The van der Waals surface area contributed by atoms with Gasteiger partial charge in [0.25, 0.3) is 0 Å². The predicted molar refractivity (Wildman–Crippen MR) is 80.4 cm³/mol. The Morgan fingerprint density at radius 3 is 2.21 bits per heavy atom. The molecule has 0 saturated carbocycles. The Labute approximate surface area is 115 Å². The fourth-order valence-electron chi connectivity index (χ4n) is 2.77. The zero-order valence-electron chi connectivity index (χ0n) is 12.5. The van der Waals surface area contributed by atoms with Gasteiger partial charge in [-0.2, -0.15) is 0 Å². The molecular formula is C16H23N3. The van der Waals surface area contributed by atoms with Crippen LogP contribution in [0.25, 0.3) is 11.4 Å². The molecule has 0 spiro atoms.